The van der Waals surface area contributed by atoms with Gasteiger partial charge in [-0.1, -0.05) is 60.7 Å². The summed E-state index contributed by atoms with van der Waals surface area (Å²) in [5.74, 6) is 0. The van der Waals surface area contributed by atoms with Crippen LogP contribution in [-0.2, 0) is 23.1 Å². The van der Waals surface area contributed by atoms with E-state index in [1.165, 1.54) is 24.3 Å². The van der Waals surface area contributed by atoms with E-state index in [4.69, 9.17) is 9.52 Å². The quantitative estimate of drug-likeness (QED) is 0.359. The SMILES string of the molecule is O=c1ccc2cc(S(=O)(=O)NCc3cn(Cc4ccccc4)nc3-c3ccccc3)ccc2o1. The van der Waals surface area contributed by atoms with Gasteiger partial charge in [-0.25, -0.2) is 17.9 Å². The molecule has 0 bridgehead atoms. The summed E-state index contributed by atoms with van der Waals surface area (Å²) in [7, 11) is -3.82. The molecule has 7 nitrogen and oxygen atoms in total. The molecule has 0 unspecified atom stereocenters. The van der Waals surface area contributed by atoms with Gasteiger partial charge in [0.1, 0.15) is 5.58 Å². The smallest absolute Gasteiger partial charge is 0.336 e. The molecule has 5 aromatic rings. The number of nitrogens with zero attached hydrogens (tertiary/aromatic N) is 2. The van der Waals surface area contributed by atoms with Crippen molar-refractivity contribution >= 4 is 21.0 Å². The molecule has 0 saturated heterocycles. The number of hydrogen-bond acceptors (Lipinski definition) is 5. The molecule has 0 atom stereocenters. The minimum Gasteiger partial charge on any atom is -0.423 e. The predicted octanol–water partition coefficient (Wildman–Crippen LogP) is 4.18. The highest BCUT2D eigenvalue weighted by Crippen LogP contribution is 2.24. The molecule has 170 valence electrons. The molecule has 0 saturated carbocycles. The van der Waals surface area contributed by atoms with Crippen molar-refractivity contribution in [3.8, 4) is 11.3 Å². The average Bonchev–Trinajstić information content (AvgIpc) is 3.26. The third kappa shape index (κ3) is 4.68. The van der Waals surface area contributed by atoms with Crippen molar-refractivity contribution in [2.45, 2.75) is 18.0 Å². The topological polar surface area (TPSA) is 94.2 Å². The second-order valence-electron chi connectivity index (χ2n) is 7.83. The summed E-state index contributed by atoms with van der Waals surface area (Å²) >= 11 is 0. The summed E-state index contributed by atoms with van der Waals surface area (Å²) in [5.41, 5.74) is 3.34. The molecular weight excluding hydrogens is 450 g/mol. The van der Waals surface area contributed by atoms with Crippen LogP contribution in [0.5, 0.6) is 0 Å². The molecule has 1 N–H and O–H groups in total. The molecule has 0 aliphatic heterocycles. The molecule has 8 heteroatoms. The molecule has 0 amide bonds. The lowest BCUT2D eigenvalue weighted by molar-refractivity contribution is 0.560. The molecule has 3 aromatic carbocycles. The van der Waals surface area contributed by atoms with Crippen molar-refractivity contribution in [2.75, 3.05) is 0 Å². The van der Waals surface area contributed by atoms with Gasteiger partial charge < -0.3 is 4.42 Å². The lowest BCUT2D eigenvalue weighted by atomic mass is 10.1. The first kappa shape index (κ1) is 21.8. The zero-order valence-electron chi connectivity index (χ0n) is 18.1. The van der Waals surface area contributed by atoms with Crippen LogP contribution in [0.1, 0.15) is 11.1 Å². The highest BCUT2D eigenvalue weighted by Gasteiger charge is 2.18. The van der Waals surface area contributed by atoms with Gasteiger partial charge in [0.15, 0.2) is 0 Å². The molecule has 0 spiro atoms. The zero-order valence-corrected chi connectivity index (χ0v) is 18.9. The maximum Gasteiger partial charge on any atom is 0.336 e. The average molecular weight is 472 g/mol. The minimum absolute atomic E-state index is 0.0727. The fourth-order valence-electron chi connectivity index (χ4n) is 3.76. The zero-order chi connectivity index (χ0) is 23.5. The van der Waals surface area contributed by atoms with E-state index in [0.29, 0.717) is 17.5 Å². The van der Waals surface area contributed by atoms with Gasteiger partial charge in [-0.05, 0) is 29.8 Å². The number of aromatic nitrogens is 2. The van der Waals surface area contributed by atoms with Crippen molar-refractivity contribution in [3.05, 3.63) is 119 Å². The van der Waals surface area contributed by atoms with E-state index in [-0.39, 0.29) is 11.4 Å². The van der Waals surface area contributed by atoms with Crippen LogP contribution in [-0.4, -0.2) is 18.2 Å². The van der Waals surface area contributed by atoms with Crippen molar-refractivity contribution in [1.82, 2.24) is 14.5 Å². The highest BCUT2D eigenvalue weighted by atomic mass is 32.2. The molecule has 0 radical (unpaired) electrons. The maximum atomic E-state index is 13.0. The van der Waals surface area contributed by atoms with Gasteiger partial charge in [0.2, 0.25) is 10.0 Å². The summed E-state index contributed by atoms with van der Waals surface area (Å²) in [6.45, 7) is 0.645. The Labute approximate surface area is 196 Å². The largest absolute Gasteiger partial charge is 0.423 e. The molecule has 2 heterocycles. The molecule has 2 aromatic heterocycles. The van der Waals surface area contributed by atoms with Crippen LogP contribution in [0.3, 0.4) is 0 Å². The molecule has 5 rings (SSSR count). The van der Waals surface area contributed by atoms with E-state index in [1.54, 1.807) is 6.07 Å². The Kier molecular flexibility index (Phi) is 5.83. The normalized spacial score (nSPS) is 11.6. The first-order valence-corrected chi connectivity index (χ1v) is 12.2. The van der Waals surface area contributed by atoms with Gasteiger partial charge >= 0.3 is 5.63 Å². The summed E-state index contributed by atoms with van der Waals surface area (Å²) < 4.78 is 35.7. The number of rotatable bonds is 7. The number of benzene rings is 3. The Balaban J connectivity index is 1.43. The van der Waals surface area contributed by atoms with Gasteiger partial charge in [-0.2, -0.15) is 5.10 Å². The van der Waals surface area contributed by atoms with E-state index in [2.05, 4.69) is 4.72 Å². The van der Waals surface area contributed by atoms with Gasteiger partial charge in [0.25, 0.3) is 0 Å². The van der Waals surface area contributed by atoms with Crippen molar-refractivity contribution in [3.63, 3.8) is 0 Å². The van der Waals surface area contributed by atoms with Crippen molar-refractivity contribution < 1.29 is 12.8 Å². The van der Waals surface area contributed by atoms with Crippen molar-refractivity contribution in [2.24, 2.45) is 0 Å². The lowest BCUT2D eigenvalue weighted by Crippen LogP contribution is -2.23. The first-order chi connectivity index (χ1) is 16.5. The first-order valence-electron chi connectivity index (χ1n) is 10.7. The Morgan fingerprint density at radius 3 is 2.38 bits per heavy atom. The van der Waals surface area contributed by atoms with Crippen LogP contribution >= 0.6 is 0 Å². The second-order valence-corrected chi connectivity index (χ2v) is 9.60. The number of fused-ring (bicyclic) bond motifs is 1. The summed E-state index contributed by atoms with van der Waals surface area (Å²) in [4.78, 5) is 11.5. The van der Waals surface area contributed by atoms with E-state index in [0.717, 1.165) is 22.4 Å². The van der Waals surface area contributed by atoms with Crippen LogP contribution in [0, 0.1) is 0 Å². The molecule has 34 heavy (non-hydrogen) atoms. The van der Waals surface area contributed by atoms with Crippen LogP contribution in [0.25, 0.3) is 22.2 Å². The van der Waals surface area contributed by atoms with Gasteiger partial charge in [0.05, 0.1) is 17.1 Å². The van der Waals surface area contributed by atoms with Crippen LogP contribution in [0.2, 0.25) is 0 Å². The monoisotopic (exact) mass is 471 g/mol. The third-order valence-electron chi connectivity index (χ3n) is 5.43. The van der Waals surface area contributed by atoms with Crippen LogP contribution in [0.15, 0.2) is 111 Å². The Bertz CT molecular complexity index is 1610. The second kappa shape index (κ2) is 9.09. The summed E-state index contributed by atoms with van der Waals surface area (Å²) in [6.07, 6.45) is 1.87. The maximum absolute atomic E-state index is 13.0. The summed E-state index contributed by atoms with van der Waals surface area (Å²) in [5, 5.41) is 5.27. The van der Waals surface area contributed by atoms with Crippen molar-refractivity contribution in [1.29, 1.82) is 0 Å². The van der Waals surface area contributed by atoms with E-state index >= 15 is 0 Å². The predicted molar refractivity (Wildman–Crippen MR) is 130 cm³/mol. The van der Waals surface area contributed by atoms with Crippen LogP contribution < -0.4 is 10.3 Å². The standard InChI is InChI=1S/C26H21N3O4S/c30-25-14-11-21-15-23(12-13-24(21)33-25)34(31,32)27-16-22-18-29(17-19-7-3-1-4-8-19)28-26(22)20-9-5-2-6-10-20/h1-15,18,27H,16-17H2. The van der Waals surface area contributed by atoms with E-state index in [9.17, 15) is 13.2 Å². The Morgan fingerprint density at radius 1 is 0.882 bits per heavy atom. The Morgan fingerprint density at radius 2 is 1.62 bits per heavy atom. The van der Waals surface area contributed by atoms with E-state index in [1.807, 2.05) is 71.5 Å². The van der Waals surface area contributed by atoms with Crippen LogP contribution in [0.4, 0.5) is 0 Å². The lowest BCUT2D eigenvalue weighted by Gasteiger charge is -2.08. The van der Waals surface area contributed by atoms with Gasteiger partial charge in [-0.15, -0.1) is 0 Å². The molecule has 0 aliphatic rings. The Hall–Kier alpha value is -4.01. The third-order valence-corrected chi connectivity index (χ3v) is 6.82. The highest BCUT2D eigenvalue weighted by molar-refractivity contribution is 7.89. The minimum atomic E-state index is -3.82. The molecular formula is C26H21N3O4S. The van der Waals surface area contributed by atoms with Gasteiger partial charge in [0, 0.05) is 35.3 Å². The number of nitrogens with one attached hydrogen (secondary N) is 1. The fourth-order valence-corrected chi connectivity index (χ4v) is 4.80. The summed E-state index contributed by atoms with van der Waals surface area (Å²) in [6, 6.07) is 26.8. The number of sulfonamides is 1. The van der Waals surface area contributed by atoms with Gasteiger partial charge in [-0.3, -0.25) is 4.68 Å². The number of hydrogen-bond donors (Lipinski definition) is 1. The van der Waals surface area contributed by atoms with E-state index < -0.39 is 15.6 Å². The molecule has 0 fully saturated rings. The fraction of sp³-hybridized carbons (Fsp3) is 0.0769. The molecule has 0 aliphatic carbocycles.